The molecule has 0 spiro atoms. The highest BCUT2D eigenvalue weighted by atomic mass is 32.1. The fourth-order valence-corrected chi connectivity index (χ4v) is 3.13. The number of hydrogen-bond donors (Lipinski definition) is 3. The molecule has 6 nitrogen and oxygen atoms in total. The molecule has 0 aliphatic rings. The molecule has 1 heterocycles. The summed E-state index contributed by atoms with van der Waals surface area (Å²) in [6.45, 7) is 0.354. The minimum absolute atomic E-state index is 0.120. The summed E-state index contributed by atoms with van der Waals surface area (Å²) in [5.74, 6) is -0.180. The van der Waals surface area contributed by atoms with E-state index in [9.17, 15) is 9.59 Å². The van der Waals surface area contributed by atoms with Crippen molar-refractivity contribution in [2.45, 2.75) is 18.6 Å². The summed E-state index contributed by atoms with van der Waals surface area (Å²) in [4.78, 5) is 24.3. The predicted octanol–water partition coefficient (Wildman–Crippen LogP) is 2.35. The zero-order chi connectivity index (χ0) is 17.4. The Balaban J connectivity index is 1.92. The number of carbonyl (C=O) groups excluding carboxylic acids is 2. The number of hydrogen-bond acceptors (Lipinski definition) is 4. The van der Waals surface area contributed by atoms with Crippen molar-refractivity contribution in [1.82, 2.24) is 10.6 Å². The van der Waals surface area contributed by atoms with E-state index in [1.807, 2.05) is 47.8 Å². The van der Waals surface area contributed by atoms with E-state index in [-0.39, 0.29) is 18.4 Å². The number of ether oxygens (including phenoxy) is 1. The molecule has 1 aromatic carbocycles. The van der Waals surface area contributed by atoms with E-state index in [4.69, 9.17) is 10.5 Å². The quantitative estimate of drug-likeness (QED) is 0.684. The van der Waals surface area contributed by atoms with Crippen LogP contribution in [0, 0.1) is 0 Å². The summed E-state index contributed by atoms with van der Waals surface area (Å²) in [5.41, 5.74) is 6.19. The number of urea groups is 1. The topological polar surface area (TPSA) is 93.4 Å². The molecule has 3 amide bonds. The number of benzene rings is 1. The minimum Gasteiger partial charge on any atom is -0.375 e. The number of methoxy groups -OCH3 is 1. The molecular weight excluding hydrogens is 326 g/mol. The Morgan fingerprint density at radius 2 is 1.96 bits per heavy atom. The fourth-order valence-electron chi connectivity index (χ4n) is 2.35. The van der Waals surface area contributed by atoms with Crippen molar-refractivity contribution >= 4 is 23.3 Å². The van der Waals surface area contributed by atoms with E-state index >= 15 is 0 Å². The van der Waals surface area contributed by atoms with Gasteiger partial charge in [-0.25, -0.2) is 4.79 Å². The van der Waals surface area contributed by atoms with Gasteiger partial charge < -0.3 is 21.1 Å². The van der Waals surface area contributed by atoms with Crippen LogP contribution in [0.4, 0.5) is 4.79 Å². The number of nitrogens with two attached hydrogens (primary N) is 1. The molecule has 2 atom stereocenters. The standard InChI is InChI=1S/C17H21N3O3S/c1-23-14(12-6-3-2-4-7-12)11-19-16(21)10-13(20-17(18)22)15-8-5-9-24-15/h2-9,13-14H,10-11H2,1H3,(H,19,21)(H3,18,20,22)/t13-,14-/m0/s1. The van der Waals surface area contributed by atoms with E-state index < -0.39 is 12.1 Å². The lowest BCUT2D eigenvalue weighted by Gasteiger charge is -2.19. The molecule has 0 aliphatic carbocycles. The molecule has 128 valence electrons. The third kappa shape index (κ3) is 5.36. The highest BCUT2D eigenvalue weighted by Crippen LogP contribution is 2.22. The normalized spacial score (nSPS) is 13.0. The van der Waals surface area contributed by atoms with Crippen molar-refractivity contribution < 1.29 is 14.3 Å². The van der Waals surface area contributed by atoms with Crippen molar-refractivity contribution in [2.24, 2.45) is 5.73 Å². The number of amides is 3. The van der Waals surface area contributed by atoms with E-state index in [0.717, 1.165) is 10.4 Å². The summed E-state index contributed by atoms with van der Waals surface area (Å²) < 4.78 is 5.43. The first-order valence-electron chi connectivity index (χ1n) is 7.54. The van der Waals surface area contributed by atoms with Crippen molar-refractivity contribution in [3.8, 4) is 0 Å². The van der Waals surface area contributed by atoms with Crippen LogP contribution in [0.5, 0.6) is 0 Å². The van der Waals surface area contributed by atoms with E-state index in [2.05, 4.69) is 10.6 Å². The molecule has 0 fully saturated rings. The molecular formula is C17H21N3O3S. The van der Waals surface area contributed by atoms with Gasteiger partial charge in [0, 0.05) is 18.5 Å². The number of thiophene rings is 1. The van der Waals surface area contributed by atoms with Crippen LogP contribution in [-0.4, -0.2) is 25.6 Å². The van der Waals surface area contributed by atoms with Gasteiger partial charge in [0.05, 0.1) is 18.6 Å². The molecule has 0 saturated heterocycles. The summed E-state index contributed by atoms with van der Waals surface area (Å²) >= 11 is 1.47. The van der Waals surface area contributed by atoms with Gasteiger partial charge in [0.2, 0.25) is 5.91 Å². The first-order valence-corrected chi connectivity index (χ1v) is 8.42. The molecule has 24 heavy (non-hydrogen) atoms. The van der Waals surface area contributed by atoms with E-state index in [1.165, 1.54) is 11.3 Å². The Morgan fingerprint density at radius 3 is 2.54 bits per heavy atom. The summed E-state index contributed by atoms with van der Waals surface area (Å²) in [6, 6.07) is 12.3. The average Bonchev–Trinajstić information content (AvgIpc) is 3.10. The Kier molecular flexibility index (Phi) is 6.77. The second-order valence-electron chi connectivity index (χ2n) is 5.22. The molecule has 0 aliphatic heterocycles. The summed E-state index contributed by atoms with van der Waals surface area (Å²) in [5, 5.41) is 7.34. The highest BCUT2D eigenvalue weighted by molar-refractivity contribution is 7.10. The summed E-state index contributed by atoms with van der Waals surface area (Å²) in [7, 11) is 1.60. The number of carbonyl (C=O) groups is 2. The zero-order valence-electron chi connectivity index (χ0n) is 13.4. The smallest absolute Gasteiger partial charge is 0.312 e. The second-order valence-corrected chi connectivity index (χ2v) is 6.20. The molecule has 0 radical (unpaired) electrons. The molecule has 0 bridgehead atoms. The van der Waals surface area contributed by atoms with Gasteiger partial charge in [0.15, 0.2) is 0 Å². The Labute approximate surface area is 145 Å². The van der Waals surface area contributed by atoms with Gasteiger partial charge in [-0.1, -0.05) is 36.4 Å². The Hall–Kier alpha value is -2.38. The van der Waals surface area contributed by atoms with Crippen LogP contribution in [0.2, 0.25) is 0 Å². The van der Waals surface area contributed by atoms with Gasteiger partial charge >= 0.3 is 6.03 Å². The van der Waals surface area contributed by atoms with Crippen LogP contribution >= 0.6 is 11.3 Å². The van der Waals surface area contributed by atoms with E-state index in [1.54, 1.807) is 7.11 Å². The number of rotatable bonds is 8. The van der Waals surface area contributed by atoms with Gasteiger partial charge in [0.1, 0.15) is 0 Å². The molecule has 1 aromatic heterocycles. The lowest BCUT2D eigenvalue weighted by molar-refractivity contribution is -0.122. The Morgan fingerprint density at radius 1 is 1.21 bits per heavy atom. The molecule has 7 heteroatoms. The van der Waals surface area contributed by atoms with Crippen LogP contribution in [0.1, 0.15) is 29.0 Å². The first-order chi connectivity index (χ1) is 11.6. The Bertz CT molecular complexity index is 646. The van der Waals surface area contributed by atoms with Crippen molar-refractivity contribution in [3.63, 3.8) is 0 Å². The molecule has 2 rings (SSSR count). The molecule has 0 saturated carbocycles. The maximum atomic E-state index is 12.2. The number of primary amides is 1. The minimum atomic E-state index is -0.653. The fraction of sp³-hybridized carbons (Fsp3) is 0.294. The highest BCUT2D eigenvalue weighted by Gasteiger charge is 2.19. The zero-order valence-corrected chi connectivity index (χ0v) is 14.2. The van der Waals surface area contributed by atoms with Crippen LogP contribution in [0.25, 0.3) is 0 Å². The predicted molar refractivity (Wildman–Crippen MR) is 93.6 cm³/mol. The van der Waals surface area contributed by atoms with Gasteiger partial charge in [-0.3, -0.25) is 4.79 Å². The molecule has 4 N–H and O–H groups in total. The van der Waals surface area contributed by atoms with Gasteiger partial charge in [0.25, 0.3) is 0 Å². The molecule has 0 unspecified atom stereocenters. The maximum Gasteiger partial charge on any atom is 0.312 e. The third-order valence-electron chi connectivity index (χ3n) is 3.53. The molecule has 2 aromatic rings. The van der Waals surface area contributed by atoms with Crippen molar-refractivity contribution in [1.29, 1.82) is 0 Å². The van der Waals surface area contributed by atoms with E-state index in [0.29, 0.717) is 6.54 Å². The lowest BCUT2D eigenvalue weighted by Crippen LogP contribution is -2.37. The SMILES string of the molecule is CO[C@@H](CNC(=O)C[C@H](NC(N)=O)c1cccs1)c1ccccc1. The van der Waals surface area contributed by atoms with Gasteiger partial charge in [-0.15, -0.1) is 11.3 Å². The van der Waals surface area contributed by atoms with Crippen LogP contribution in [-0.2, 0) is 9.53 Å². The van der Waals surface area contributed by atoms with Gasteiger partial charge in [-0.05, 0) is 17.0 Å². The monoisotopic (exact) mass is 347 g/mol. The van der Waals surface area contributed by atoms with Gasteiger partial charge in [-0.2, -0.15) is 0 Å². The van der Waals surface area contributed by atoms with Crippen LogP contribution in [0.15, 0.2) is 47.8 Å². The first kappa shape index (κ1) is 18.0. The largest absolute Gasteiger partial charge is 0.375 e. The number of nitrogens with one attached hydrogen (secondary N) is 2. The summed E-state index contributed by atoms with van der Waals surface area (Å²) in [6.07, 6.45) is -0.103. The lowest BCUT2D eigenvalue weighted by atomic mass is 10.1. The second kappa shape index (κ2) is 9.05. The van der Waals surface area contributed by atoms with Crippen molar-refractivity contribution in [2.75, 3.05) is 13.7 Å². The van der Waals surface area contributed by atoms with Crippen molar-refractivity contribution in [3.05, 3.63) is 58.3 Å². The van der Waals surface area contributed by atoms with Crippen LogP contribution in [0.3, 0.4) is 0 Å². The average molecular weight is 347 g/mol. The maximum absolute atomic E-state index is 12.2. The third-order valence-corrected chi connectivity index (χ3v) is 4.52. The van der Waals surface area contributed by atoms with Crippen LogP contribution < -0.4 is 16.4 Å².